The van der Waals surface area contributed by atoms with Gasteiger partial charge in [-0.15, -0.1) is 0 Å². The van der Waals surface area contributed by atoms with E-state index in [0.29, 0.717) is 12.3 Å². The first-order valence-corrected chi connectivity index (χ1v) is 12.0. The minimum atomic E-state index is -4.17. The van der Waals surface area contributed by atoms with Crippen LogP contribution in [0.2, 0.25) is 10.0 Å². The third kappa shape index (κ3) is 4.16. The van der Waals surface area contributed by atoms with Crippen LogP contribution in [0.15, 0.2) is 71.6 Å². The summed E-state index contributed by atoms with van der Waals surface area (Å²) in [5, 5.41) is 0.340. The number of amides is 1. The number of ether oxygens (including phenoxy) is 1. The van der Waals surface area contributed by atoms with E-state index in [1.54, 1.807) is 29.2 Å². The van der Waals surface area contributed by atoms with Crippen LogP contribution in [0.4, 0.5) is 11.4 Å². The Morgan fingerprint density at radius 1 is 1.03 bits per heavy atom. The number of sulfonamides is 1. The molecule has 3 aromatic carbocycles. The quantitative estimate of drug-likeness (QED) is 0.498. The molecule has 4 rings (SSSR count). The van der Waals surface area contributed by atoms with Gasteiger partial charge in [0.05, 0.1) is 27.7 Å². The van der Waals surface area contributed by atoms with Gasteiger partial charge in [-0.25, -0.2) is 8.42 Å². The summed E-state index contributed by atoms with van der Waals surface area (Å²) < 4.78 is 33.8. The van der Waals surface area contributed by atoms with E-state index in [1.807, 2.05) is 24.3 Å². The summed E-state index contributed by atoms with van der Waals surface area (Å²) in [5.41, 5.74) is 2.10. The molecule has 1 aliphatic heterocycles. The van der Waals surface area contributed by atoms with E-state index in [4.69, 9.17) is 27.9 Å². The Morgan fingerprint density at radius 2 is 1.75 bits per heavy atom. The van der Waals surface area contributed by atoms with Gasteiger partial charge >= 0.3 is 0 Å². The second-order valence-electron chi connectivity index (χ2n) is 7.18. The van der Waals surface area contributed by atoms with E-state index in [9.17, 15) is 13.2 Å². The zero-order chi connectivity index (χ0) is 22.9. The fourth-order valence-electron chi connectivity index (χ4n) is 3.71. The number of hydrogen-bond acceptors (Lipinski definition) is 4. The Morgan fingerprint density at radius 3 is 2.50 bits per heavy atom. The van der Waals surface area contributed by atoms with Gasteiger partial charge in [0.2, 0.25) is 5.91 Å². The lowest BCUT2D eigenvalue weighted by Gasteiger charge is -2.28. The molecule has 0 radical (unpaired) electrons. The highest BCUT2D eigenvalue weighted by Crippen LogP contribution is 2.35. The van der Waals surface area contributed by atoms with Gasteiger partial charge in [0.1, 0.15) is 12.3 Å². The van der Waals surface area contributed by atoms with Crippen LogP contribution in [0.5, 0.6) is 5.75 Å². The van der Waals surface area contributed by atoms with Crippen LogP contribution in [-0.4, -0.2) is 34.5 Å². The third-order valence-corrected chi connectivity index (χ3v) is 7.79. The van der Waals surface area contributed by atoms with Crippen LogP contribution in [-0.2, 0) is 21.2 Å². The van der Waals surface area contributed by atoms with Gasteiger partial charge in [0.15, 0.2) is 0 Å². The van der Waals surface area contributed by atoms with Crippen LogP contribution in [0.3, 0.4) is 0 Å². The van der Waals surface area contributed by atoms with Gasteiger partial charge in [-0.2, -0.15) is 0 Å². The van der Waals surface area contributed by atoms with Crippen molar-refractivity contribution in [3.8, 4) is 5.75 Å². The molecule has 1 amide bonds. The Bertz CT molecular complexity index is 1280. The molecular weight excluding hydrogens is 471 g/mol. The lowest BCUT2D eigenvalue weighted by Crippen LogP contribution is -2.42. The molecule has 0 aromatic heterocycles. The summed E-state index contributed by atoms with van der Waals surface area (Å²) in [6.07, 6.45) is 0.718. The lowest BCUT2D eigenvalue weighted by molar-refractivity contribution is -0.117. The van der Waals surface area contributed by atoms with Crippen LogP contribution in [0.25, 0.3) is 0 Å². The van der Waals surface area contributed by atoms with Gasteiger partial charge < -0.3 is 9.64 Å². The standard InChI is InChI=1S/C23H20Cl2N2O4S/c1-31-22-9-5-4-8-21(22)27(32(29,30)17-10-11-18(24)19(25)14-17)15-23(28)26-13-12-16-6-2-3-7-20(16)26/h2-11,14H,12-13,15H2,1H3. The maximum Gasteiger partial charge on any atom is 0.264 e. The lowest BCUT2D eigenvalue weighted by atomic mass is 10.2. The minimum absolute atomic E-state index is 0.0765. The van der Waals surface area contributed by atoms with E-state index in [1.165, 1.54) is 25.3 Å². The summed E-state index contributed by atoms with van der Waals surface area (Å²) in [5.74, 6) is -0.0183. The van der Waals surface area contributed by atoms with Crippen molar-refractivity contribution in [2.75, 3.05) is 29.4 Å². The molecule has 0 unspecified atom stereocenters. The van der Waals surface area contributed by atoms with Crippen LogP contribution in [0, 0.1) is 0 Å². The fraction of sp³-hybridized carbons (Fsp3) is 0.174. The smallest absolute Gasteiger partial charge is 0.264 e. The van der Waals surface area contributed by atoms with Crippen molar-refractivity contribution < 1.29 is 17.9 Å². The van der Waals surface area contributed by atoms with Crippen LogP contribution in [0.1, 0.15) is 5.56 Å². The second kappa shape index (κ2) is 9.02. The summed E-state index contributed by atoms with van der Waals surface area (Å²) in [6, 6.07) is 18.3. The Balaban J connectivity index is 1.76. The minimum Gasteiger partial charge on any atom is -0.495 e. The highest BCUT2D eigenvalue weighted by atomic mass is 35.5. The number of fused-ring (bicyclic) bond motifs is 1. The predicted molar refractivity (Wildman–Crippen MR) is 126 cm³/mol. The topological polar surface area (TPSA) is 66.9 Å². The number of carbonyl (C=O) groups excluding carboxylic acids is 1. The number of rotatable bonds is 6. The average Bonchev–Trinajstić information content (AvgIpc) is 3.23. The Labute approximate surface area is 197 Å². The molecule has 0 saturated heterocycles. The van der Waals surface area contributed by atoms with Crippen molar-refractivity contribution in [2.45, 2.75) is 11.3 Å². The summed E-state index contributed by atoms with van der Waals surface area (Å²) in [7, 11) is -2.72. The molecule has 9 heteroatoms. The molecule has 0 saturated carbocycles. The highest BCUT2D eigenvalue weighted by Gasteiger charge is 2.33. The molecule has 6 nitrogen and oxygen atoms in total. The van der Waals surface area contributed by atoms with Gasteiger partial charge in [0.25, 0.3) is 10.0 Å². The molecule has 0 atom stereocenters. The maximum absolute atomic E-state index is 13.7. The number of para-hydroxylation sites is 3. The van der Waals surface area contributed by atoms with Gasteiger partial charge in [0, 0.05) is 12.2 Å². The van der Waals surface area contributed by atoms with Crippen molar-refractivity contribution >= 4 is 50.5 Å². The zero-order valence-corrected chi connectivity index (χ0v) is 19.5. The van der Waals surface area contributed by atoms with Crippen molar-refractivity contribution in [2.24, 2.45) is 0 Å². The number of carbonyl (C=O) groups is 1. The number of benzene rings is 3. The van der Waals surface area contributed by atoms with Gasteiger partial charge in [-0.3, -0.25) is 9.10 Å². The first-order chi connectivity index (χ1) is 15.3. The highest BCUT2D eigenvalue weighted by molar-refractivity contribution is 7.92. The number of hydrogen-bond donors (Lipinski definition) is 0. The largest absolute Gasteiger partial charge is 0.495 e. The van der Waals surface area contributed by atoms with E-state index < -0.39 is 16.6 Å². The number of nitrogens with zero attached hydrogens (tertiary/aromatic N) is 2. The summed E-state index contributed by atoms with van der Waals surface area (Å²) >= 11 is 12.1. The normalized spacial score (nSPS) is 13.0. The van der Waals surface area contributed by atoms with Crippen LogP contribution >= 0.6 is 23.2 Å². The van der Waals surface area contributed by atoms with E-state index >= 15 is 0 Å². The van der Waals surface area contributed by atoms with Gasteiger partial charge in [-0.1, -0.05) is 53.5 Å². The molecule has 166 valence electrons. The molecule has 0 N–H and O–H groups in total. The van der Waals surface area contributed by atoms with Crippen molar-refractivity contribution in [3.63, 3.8) is 0 Å². The molecule has 0 bridgehead atoms. The fourth-order valence-corrected chi connectivity index (χ4v) is 5.52. The predicted octanol–water partition coefficient (Wildman–Crippen LogP) is 4.79. The Hall–Kier alpha value is -2.74. The van der Waals surface area contributed by atoms with Crippen LogP contribution < -0.4 is 13.9 Å². The van der Waals surface area contributed by atoms with Crippen molar-refractivity contribution in [1.29, 1.82) is 0 Å². The first kappa shape index (κ1) is 22.5. The molecule has 32 heavy (non-hydrogen) atoms. The number of methoxy groups -OCH3 is 1. The third-order valence-electron chi connectivity index (χ3n) is 5.30. The molecule has 0 spiro atoms. The zero-order valence-electron chi connectivity index (χ0n) is 17.2. The molecule has 3 aromatic rings. The molecular formula is C23H20Cl2N2O4S. The van der Waals surface area contributed by atoms with Gasteiger partial charge in [-0.05, 0) is 48.4 Å². The monoisotopic (exact) mass is 490 g/mol. The van der Waals surface area contributed by atoms with E-state index in [2.05, 4.69) is 0 Å². The number of halogens is 2. The van der Waals surface area contributed by atoms with Crippen molar-refractivity contribution in [3.05, 3.63) is 82.3 Å². The van der Waals surface area contributed by atoms with E-state index in [0.717, 1.165) is 22.0 Å². The molecule has 0 aliphatic carbocycles. The SMILES string of the molecule is COc1ccccc1N(CC(=O)N1CCc2ccccc21)S(=O)(=O)c1ccc(Cl)c(Cl)c1. The van der Waals surface area contributed by atoms with Crippen molar-refractivity contribution in [1.82, 2.24) is 0 Å². The second-order valence-corrected chi connectivity index (χ2v) is 9.86. The Kier molecular flexibility index (Phi) is 6.33. The summed E-state index contributed by atoms with van der Waals surface area (Å²) in [4.78, 5) is 14.9. The molecule has 1 aliphatic rings. The summed E-state index contributed by atoms with van der Waals surface area (Å²) in [6.45, 7) is 0.0854. The average molecular weight is 491 g/mol. The number of anilines is 2. The van der Waals surface area contributed by atoms with E-state index in [-0.39, 0.29) is 26.5 Å². The maximum atomic E-state index is 13.7. The molecule has 0 fully saturated rings. The first-order valence-electron chi connectivity index (χ1n) is 9.82. The molecule has 1 heterocycles.